The number of ketones is 1. The molecule has 5 heteroatoms. The van der Waals surface area contributed by atoms with Crippen LogP contribution < -0.4 is 9.47 Å². The highest BCUT2D eigenvalue weighted by molar-refractivity contribution is 5.90. The molecule has 0 aromatic heterocycles. The molecule has 122 valence electrons. The van der Waals surface area contributed by atoms with Crippen LogP contribution in [-0.4, -0.2) is 54.2 Å². The summed E-state index contributed by atoms with van der Waals surface area (Å²) < 4.78 is 11.6. The summed E-state index contributed by atoms with van der Waals surface area (Å²) in [5, 5.41) is 11.7. The van der Waals surface area contributed by atoms with Crippen LogP contribution in [0.15, 0.2) is 12.1 Å². The molecular weight excluding hydrogens is 294 g/mol. The molecule has 2 heterocycles. The molecular formula is C18H21NO4. The average molecular weight is 315 g/mol. The number of carbonyl (C=O) groups excluding carboxylic acids is 1. The number of likely N-dealkylation sites (N-methyl/N-ethyl adjacent to an activating group) is 1. The molecule has 4 atom stereocenters. The number of benzene rings is 1. The molecule has 1 spiro atoms. The molecule has 1 N–H and O–H groups in total. The summed E-state index contributed by atoms with van der Waals surface area (Å²) in [5.74, 6) is 1.47. The molecule has 0 amide bonds. The molecule has 23 heavy (non-hydrogen) atoms. The highest BCUT2D eigenvalue weighted by Gasteiger charge is 2.72. The van der Waals surface area contributed by atoms with Crippen molar-refractivity contribution in [3.05, 3.63) is 23.3 Å². The third-order valence-electron chi connectivity index (χ3n) is 6.73. The lowest BCUT2D eigenvalue weighted by molar-refractivity contribution is -0.185. The van der Waals surface area contributed by atoms with E-state index in [0.717, 1.165) is 24.9 Å². The maximum Gasteiger partial charge on any atom is 0.174 e. The fourth-order valence-electron chi connectivity index (χ4n) is 5.69. The first-order chi connectivity index (χ1) is 11.0. The molecule has 5 nitrogen and oxygen atoms in total. The quantitative estimate of drug-likeness (QED) is 0.839. The number of hydrogen-bond acceptors (Lipinski definition) is 5. The van der Waals surface area contributed by atoms with E-state index in [4.69, 9.17) is 9.47 Å². The van der Waals surface area contributed by atoms with Gasteiger partial charge in [-0.3, -0.25) is 4.79 Å². The number of hydrogen-bond donors (Lipinski definition) is 1. The Kier molecular flexibility index (Phi) is 2.45. The highest BCUT2D eigenvalue weighted by atomic mass is 16.5. The van der Waals surface area contributed by atoms with Gasteiger partial charge < -0.3 is 19.5 Å². The van der Waals surface area contributed by atoms with E-state index in [1.807, 2.05) is 6.07 Å². The maximum absolute atomic E-state index is 12.7. The topological polar surface area (TPSA) is 59.0 Å². The van der Waals surface area contributed by atoms with Crippen LogP contribution in [-0.2, 0) is 16.6 Å². The van der Waals surface area contributed by atoms with Crippen molar-refractivity contribution in [1.29, 1.82) is 0 Å². The number of carbonyl (C=O) groups is 1. The Balaban J connectivity index is 1.86. The van der Waals surface area contributed by atoms with E-state index in [1.165, 1.54) is 5.56 Å². The van der Waals surface area contributed by atoms with Gasteiger partial charge in [0.15, 0.2) is 23.4 Å². The normalized spacial score (nSPS) is 40.6. The molecule has 2 bridgehead atoms. The van der Waals surface area contributed by atoms with Crippen molar-refractivity contribution in [3.8, 4) is 11.5 Å². The minimum Gasteiger partial charge on any atom is -0.493 e. The van der Waals surface area contributed by atoms with Gasteiger partial charge in [0.25, 0.3) is 0 Å². The Morgan fingerprint density at radius 2 is 2.22 bits per heavy atom. The standard InChI is InChI=1S/C18H21NO4/c1-19-8-7-17-14-10-3-4-12(22-2)15(14)23-16(17)11(20)5-6-18(17,21)13(19)9-10/h3-4,13,16,21H,5-9H2,1-2H3/t13-,16?,17?,18?/m1/s1. The lowest BCUT2D eigenvalue weighted by Crippen LogP contribution is -2.76. The third kappa shape index (κ3) is 1.32. The summed E-state index contributed by atoms with van der Waals surface area (Å²) >= 11 is 0. The molecule has 1 saturated heterocycles. The third-order valence-corrected chi connectivity index (χ3v) is 6.73. The second-order valence-corrected chi connectivity index (χ2v) is 7.44. The fourth-order valence-corrected chi connectivity index (χ4v) is 5.69. The van der Waals surface area contributed by atoms with Gasteiger partial charge in [-0.15, -0.1) is 0 Å². The number of ether oxygens (including phenoxy) is 2. The minimum atomic E-state index is -0.900. The van der Waals surface area contributed by atoms with Gasteiger partial charge in [-0.2, -0.15) is 0 Å². The molecule has 1 aromatic carbocycles. The zero-order valence-corrected chi connectivity index (χ0v) is 13.5. The van der Waals surface area contributed by atoms with E-state index in [1.54, 1.807) is 7.11 Å². The molecule has 2 aliphatic heterocycles. The van der Waals surface area contributed by atoms with Crippen molar-refractivity contribution in [3.63, 3.8) is 0 Å². The fraction of sp³-hybridized carbons (Fsp3) is 0.611. The van der Waals surface area contributed by atoms with Crippen LogP contribution in [0, 0.1) is 0 Å². The Bertz CT molecular complexity index is 732. The second kappa shape index (κ2) is 4.08. The van der Waals surface area contributed by atoms with Gasteiger partial charge in [0.2, 0.25) is 0 Å². The predicted octanol–water partition coefficient (Wildman–Crippen LogP) is 1.05. The van der Waals surface area contributed by atoms with Crippen molar-refractivity contribution in [2.75, 3.05) is 20.7 Å². The zero-order valence-electron chi connectivity index (χ0n) is 13.5. The monoisotopic (exact) mass is 315 g/mol. The summed E-state index contributed by atoms with van der Waals surface area (Å²) in [7, 11) is 3.70. The number of Topliss-reactive ketones (excluding diaryl/α,β-unsaturated/α-hetero) is 1. The molecule has 1 aromatic rings. The summed E-state index contributed by atoms with van der Waals surface area (Å²) in [6, 6.07) is 4.05. The van der Waals surface area contributed by atoms with E-state index >= 15 is 0 Å². The minimum absolute atomic E-state index is 0.0438. The number of piperidine rings is 1. The van der Waals surface area contributed by atoms with Crippen LogP contribution in [0.4, 0.5) is 0 Å². The highest BCUT2D eigenvalue weighted by Crippen LogP contribution is 2.64. The van der Waals surface area contributed by atoms with Crippen LogP contribution in [0.5, 0.6) is 11.5 Å². The van der Waals surface area contributed by atoms with Gasteiger partial charge >= 0.3 is 0 Å². The molecule has 0 radical (unpaired) electrons. The summed E-state index contributed by atoms with van der Waals surface area (Å²) in [6.07, 6.45) is 1.89. The van der Waals surface area contributed by atoms with E-state index < -0.39 is 17.1 Å². The van der Waals surface area contributed by atoms with Crippen molar-refractivity contribution in [2.24, 2.45) is 0 Å². The molecule has 2 fully saturated rings. The van der Waals surface area contributed by atoms with Crippen molar-refractivity contribution >= 4 is 5.78 Å². The van der Waals surface area contributed by atoms with Crippen LogP contribution in [0.3, 0.4) is 0 Å². The predicted molar refractivity (Wildman–Crippen MR) is 83.0 cm³/mol. The largest absolute Gasteiger partial charge is 0.493 e. The number of rotatable bonds is 1. The van der Waals surface area contributed by atoms with Crippen LogP contribution in [0.1, 0.15) is 30.4 Å². The number of methoxy groups -OCH3 is 1. The van der Waals surface area contributed by atoms with E-state index in [0.29, 0.717) is 24.3 Å². The summed E-state index contributed by atoms with van der Waals surface area (Å²) in [6.45, 7) is 0.871. The number of nitrogens with zero attached hydrogens (tertiary/aromatic N) is 1. The summed E-state index contributed by atoms with van der Waals surface area (Å²) in [5.41, 5.74) is 0.737. The first-order valence-electron chi connectivity index (χ1n) is 8.35. The summed E-state index contributed by atoms with van der Waals surface area (Å²) in [4.78, 5) is 14.9. The van der Waals surface area contributed by atoms with Crippen molar-refractivity contribution in [1.82, 2.24) is 4.90 Å². The lowest BCUT2D eigenvalue weighted by atomic mass is 9.49. The van der Waals surface area contributed by atoms with E-state index in [2.05, 4.69) is 18.0 Å². The van der Waals surface area contributed by atoms with Gasteiger partial charge in [0, 0.05) is 18.0 Å². The zero-order chi connectivity index (χ0) is 16.0. The first-order valence-corrected chi connectivity index (χ1v) is 8.35. The second-order valence-electron chi connectivity index (χ2n) is 7.44. The van der Waals surface area contributed by atoms with E-state index in [9.17, 15) is 9.90 Å². The van der Waals surface area contributed by atoms with Gasteiger partial charge in [-0.05, 0) is 44.5 Å². The van der Waals surface area contributed by atoms with Crippen LogP contribution >= 0.6 is 0 Å². The molecule has 4 aliphatic rings. The average Bonchev–Trinajstić information content (AvgIpc) is 2.90. The van der Waals surface area contributed by atoms with Crippen LogP contribution in [0.2, 0.25) is 0 Å². The van der Waals surface area contributed by atoms with Gasteiger partial charge in [-0.25, -0.2) is 0 Å². The Hall–Kier alpha value is -1.59. The first kappa shape index (κ1) is 13.8. The van der Waals surface area contributed by atoms with Crippen LogP contribution in [0.25, 0.3) is 0 Å². The van der Waals surface area contributed by atoms with Crippen molar-refractivity contribution in [2.45, 2.75) is 48.8 Å². The lowest BCUT2D eigenvalue weighted by Gasteiger charge is -2.62. The van der Waals surface area contributed by atoms with Gasteiger partial charge in [-0.1, -0.05) is 6.07 Å². The number of aliphatic hydroxyl groups is 1. The number of likely N-dealkylation sites (tertiary alicyclic amines) is 1. The Labute approximate surface area is 135 Å². The SMILES string of the molecule is COc1ccc2c3c1OC1C(=O)CCC4(O)[C@@H](C2)N(C)CCC314. The molecule has 2 aliphatic carbocycles. The van der Waals surface area contributed by atoms with Gasteiger partial charge in [0.05, 0.1) is 18.1 Å². The molecule has 1 saturated carbocycles. The van der Waals surface area contributed by atoms with Gasteiger partial charge in [0.1, 0.15) is 0 Å². The van der Waals surface area contributed by atoms with Crippen molar-refractivity contribution < 1.29 is 19.4 Å². The Morgan fingerprint density at radius 1 is 1.39 bits per heavy atom. The molecule has 5 rings (SSSR count). The molecule has 3 unspecified atom stereocenters. The van der Waals surface area contributed by atoms with E-state index in [-0.39, 0.29) is 11.8 Å². The maximum atomic E-state index is 12.7. The Morgan fingerprint density at radius 3 is 3.00 bits per heavy atom. The smallest absolute Gasteiger partial charge is 0.174 e.